The molecule has 2 aliphatic rings. The van der Waals surface area contributed by atoms with Crippen molar-refractivity contribution in [2.45, 2.75) is 18.9 Å². The third kappa shape index (κ3) is 2.19. The molecule has 3 N–H and O–H groups in total. The Kier molecular flexibility index (Phi) is 2.51. The molecule has 4 heteroatoms. The summed E-state index contributed by atoms with van der Waals surface area (Å²) >= 11 is 0. The SMILES string of the molecule is N[C@@H]1CCN(CC2CNC(=O)C2)C1. The Morgan fingerprint density at radius 2 is 2.46 bits per heavy atom. The molecule has 1 amide bonds. The van der Waals surface area contributed by atoms with E-state index in [2.05, 4.69) is 10.2 Å². The second kappa shape index (κ2) is 3.64. The summed E-state index contributed by atoms with van der Waals surface area (Å²) in [5.74, 6) is 0.714. The van der Waals surface area contributed by atoms with E-state index in [1.165, 1.54) is 0 Å². The molecule has 0 aliphatic carbocycles. The zero-order valence-corrected chi connectivity index (χ0v) is 7.83. The first-order chi connectivity index (χ1) is 6.24. The van der Waals surface area contributed by atoms with Crippen LogP contribution in [0, 0.1) is 5.92 Å². The van der Waals surface area contributed by atoms with E-state index >= 15 is 0 Å². The van der Waals surface area contributed by atoms with Crippen LogP contribution in [0.5, 0.6) is 0 Å². The van der Waals surface area contributed by atoms with Crippen LogP contribution in [0.1, 0.15) is 12.8 Å². The lowest BCUT2D eigenvalue weighted by Gasteiger charge is -2.18. The van der Waals surface area contributed by atoms with E-state index in [0.717, 1.165) is 32.6 Å². The summed E-state index contributed by atoms with van der Waals surface area (Å²) in [6.07, 6.45) is 1.81. The van der Waals surface area contributed by atoms with Gasteiger partial charge in [-0.15, -0.1) is 0 Å². The lowest BCUT2D eigenvalue weighted by molar-refractivity contribution is -0.119. The Labute approximate surface area is 78.5 Å². The van der Waals surface area contributed by atoms with Crippen LogP contribution in [-0.4, -0.2) is 43.0 Å². The molecule has 2 heterocycles. The molecular formula is C9H17N3O. The summed E-state index contributed by atoms with van der Waals surface area (Å²) in [4.78, 5) is 13.3. The first-order valence-corrected chi connectivity index (χ1v) is 4.98. The van der Waals surface area contributed by atoms with Crippen molar-refractivity contribution in [3.8, 4) is 0 Å². The van der Waals surface area contributed by atoms with Gasteiger partial charge in [0.25, 0.3) is 0 Å². The number of rotatable bonds is 2. The molecule has 4 nitrogen and oxygen atoms in total. The Bertz CT molecular complexity index is 207. The summed E-state index contributed by atoms with van der Waals surface area (Å²) in [7, 11) is 0. The summed E-state index contributed by atoms with van der Waals surface area (Å²) in [5, 5.41) is 2.86. The largest absolute Gasteiger partial charge is 0.356 e. The maximum absolute atomic E-state index is 10.9. The molecule has 2 rings (SSSR count). The molecule has 2 saturated heterocycles. The summed E-state index contributed by atoms with van der Waals surface area (Å²) in [5.41, 5.74) is 5.80. The predicted octanol–water partition coefficient (Wildman–Crippen LogP) is -0.844. The molecule has 0 aromatic carbocycles. The third-order valence-corrected chi connectivity index (χ3v) is 2.89. The monoisotopic (exact) mass is 183 g/mol. The van der Waals surface area contributed by atoms with Crippen LogP contribution >= 0.6 is 0 Å². The van der Waals surface area contributed by atoms with Crippen LogP contribution in [0.15, 0.2) is 0 Å². The number of hydrogen-bond donors (Lipinski definition) is 2. The van der Waals surface area contributed by atoms with Gasteiger partial charge in [-0.2, -0.15) is 0 Å². The number of likely N-dealkylation sites (tertiary alicyclic amines) is 1. The van der Waals surface area contributed by atoms with Gasteiger partial charge in [-0.3, -0.25) is 4.79 Å². The number of carbonyl (C=O) groups excluding carboxylic acids is 1. The van der Waals surface area contributed by atoms with E-state index in [0.29, 0.717) is 18.4 Å². The molecule has 0 radical (unpaired) electrons. The number of nitrogens with zero attached hydrogens (tertiary/aromatic N) is 1. The third-order valence-electron chi connectivity index (χ3n) is 2.89. The molecule has 2 atom stereocenters. The number of nitrogens with two attached hydrogens (primary N) is 1. The highest BCUT2D eigenvalue weighted by Gasteiger charge is 2.26. The van der Waals surface area contributed by atoms with Crippen molar-refractivity contribution in [1.82, 2.24) is 10.2 Å². The van der Waals surface area contributed by atoms with Crippen LogP contribution in [0.2, 0.25) is 0 Å². The number of amides is 1. The second-order valence-electron chi connectivity index (χ2n) is 4.18. The van der Waals surface area contributed by atoms with Gasteiger partial charge < -0.3 is 16.0 Å². The molecule has 0 aromatic rings. The lowest BCUT2D eigenvalue weighted by Crippen LogP contribution is -2.31. The molecule has 2 fully saturated rings. The normalized spacial score (nSPS) is 35.3. The molecule has 2 aliphatic heterocycles. The van der Waals surface area contributed by atoms with E-state index in [4.69, 9.17) is 5.73 Å². The van der Waals surface area contributed by atoms with Gasteiger partial charge in [-0.1, -0.05) is 0 Å². The molecule has 0 bridgehead atoms. The van der Waals surface area contributed by atoms with Gasteiger partial charge in [-0.05, 0) is 18.9 Å². The van der Waals surface area contributed by atoms with Crippen LogP contribution in [-0.2, 0) is 4.79 Å². The van der Waals surface area contributed by atoms with Crippen LogP contribution < -0.4 is 11.1 Å². The van der Waals surface area contributed by atoms with Crippen molar-refractivity contribution >= 4 is 5.91 Å². The highest BCUT2D eigenvalue weighted by atomic mass is 16.1. The molecular weight excluding hydrogens is 166 g/mol. The molecule has 74 valence electrons. The van der Waals surface area contributed by atoms with Crippen molar-refractivity contribution in [3.63, 3.8) is 0 Å². The Morgan fingerprint density at radius 1 is 1.62 bits per heavy atom. The first-order valence-electron chi connectivity index (χ1n) is 4.98. The Hall–Kier alpha value is -0.610. The number of carbonyl (C=O) groups is 1. The first kappa shape index (κ1) is 8.97. The van der Waals surface area contributed by atoms with Crippen molar-refractivity contribution in [2.24, 2.45) is 11.7 Å². The van der Waals surface area contributed by atoms with E-state index in [9.17, 15) is 4.79 Å². The lowest BCUT2D eigenvalue weighted by atomic mass is 10.1. The minimum atomic E-state index is 0.202. The number of hydrogen-bond acceptors (Lipinski definition) is 3. The van der Waals surface area contributed by atoms with Gasteiger partial charge >= 0.3 is 0 Å². The Balaban J connectivity index is 1.75. The van der Waals surface area contributed by atoms with Crippen molar-refractivity contribution in [2.75, 3.05) is 26.2 Å². The molecule has 0 aromatic heterocycles. The fourth-order valence-electron chi connectivity index (χ4n) is 2.19. The maximum atomic E-state index is 10.9. The van der Waals surface area contributed by atoms with E-state index < -0.39 is 0 Å². The van der Waals surface area contributed by atoms with Crippen LogP contribution in [0.4, 0.5) is 0 Å². The summed E-state index contributed by atoms with van der Waals surface area (Å²) in [6, 6.07) is 0.352. The maximum Gasteiger partial charge on any atom is 0.220 e. The van der Waals surface area contributed by atoms with Gasteiger partial charge in [0.05, 0.1) is 0 Å². The summed E-state index contributed by atoms with van der Waals surface area (Å²) in [6.45, 7) is 3.99. The van der Waals surface area contributed by atoms with Gasteiger partial charge in [0.1, 0.15) is 0 Å². The van der Waals surface area contributed by atoms with Crippen molar-refractivity contribution in [3.05, 3.63) is 0 Å². The second-order valence-corrected chi connectivity index (χ2v) is 4.18. The molecule has 13 heavy (non-hydrogen) atoms. The highest BCUT2D eigenvalue weighted by Crippen LogP contribution is 2.14. The quantitative estimate of drug-likeness (QED) is 0.586. The average molecular weight is 183 g/mol. The zero-order chi connectivity index (χ0) is 9.26. The zero-order valence-electron chi connectivity index (χ0n) is 7.83. The minimum Gasteiger partial charge on any atom is -0.356 e. The molecule has 0 spiro atoms. The molecule has 0 saturated carbocycles. The van der Waals surface area contributed by atoms with Crippen LogP contribution in [0.3, 0.4) is 0 Å². The number of nitrogens with one attached hydrogen (secondary N) is 1. The fourth-order valence-corrected chi connectivity index (χ4v) is 2.19. The predicted molar refractivity (Wildman–Crippen MR) is 50.1 cm³/mol. The average Bonchev–Trinajstić information content (AvgIpc) is 2.62. The van der Waals surface area contributed by atoms with Gasteiger partial charge in [0.2, 0.25) is 5.91 Å². The van der Waals surface area contributed by atoms with Gasteiger partial charge in [0.15, 0.2) is 0 Å². The van der Waals surface area contributed by atoms with Crippen molar-refractivity contribution < 1.29 is 4.79 Å². The summed E-state index contributed by atoms with van der Waals surface area (Å²) < 4.78 is 0. The van der Waals surface area contributed by atoms with Gasteiger partial charge in [-0.25, -0.2) is 0 Å². The highest BCUT2D eigenvalue weighted by molar-refractivity contribution is 5.78. The van der Waals surface area contributed by atoms with Crippen LogP contribution in [0.25, 0.3) is 0 Å². The van der Waals surface area contributed by atoms with Gasteiger partial charge in [0, 0.05) is 32.1 Å². The Morgan fingerprint density at radius 3 is 3.00 bits per heavy atom. The topological polar surface area (TPSA) is 58.4 Å². The van der Waals surface area contributed by atoms with E-state index in [1.54, 1.807) is 0 Å². The van der Waals surface area contributed by atoms with E-state index in [1.807, 2.05) is 0 Å². The van der Waals surface area contributed by atoms with Crippen molar-refractivity contribution in [1.29, 1.82) is 0 Å². The smallest absolute Gasteiger partial charge is 0.220 e. The van der Waals surface area contributed by atoms with E-state index in [-0.39, 0.29) is 5.91 Å². The standard InChI is InChI=1S/C9H17N3O/c10-8-1-2-12(6-8)5-7-3-9(13)11-4-7/h7-8H,1-6,10H2,(H,11,13)/t7?,8-/m1/s1. The molecule has 1 unspecified atom stereocenters. The fraction of sp³-hybridized carbons (Fsp3) is 0.889. The minimum absolute atomic E-state index is 0.202.